The van der Waals surface area contributed by atoms with Gasteiger partial charge in [-0.05, 0) is 84.9 Å². The van der Waals surface area contributed by atoms with Crippen LogP contribution in [0.1, 0.15) is 39.5 Å². The average molecular weight is 294 g/mol. The van der Waals surface area contributed by atoms with Gasteiger partial charge in [-0.3, -0.25) is 0 Å². The van der Waals surface area contributed by atoms with Crippen molar-refractivity contribution in [1.29, 1.82) is 0 Å². The molecule has 3 saturated carbocycles. The minimum absolute atomic E-state index is 0.925. The van der Waals surface area contributed by atoms with Gasteiger partial charge in [-0.15, -0.1) is 0 Å². The zero-order valence-electron chi connectivity index (χ0n) is 14.1. The van der Waals surface area contributed by atoms with E-state index in [-0.39, 0.29) is 0 Å². The second-order valence-corrected chi connectivity index (χ2v) is 9.04. The Kier molecular flexibility index (Phi) is 3.01. The molecule has 0 nitrogen and oxygen atoms in total. The summed E-state index contributed by atoms with van der Waals surface area (Å²) in [4.78, 5) is 0. The van der Waals surface area contributed by atoms with Gasteiger partial charge in [0.15, 0.2) is 0 Å². The van der Waals surface area contributed by atoms with Crippen LogP contribution >= 0.6 is 0 Å². The van der Waals surface area contributed by atoms with Crippen molar-refractivity contribution in [1.82, 2.24) is 0 Å². The predicted octanol–water partition coefficient (Wildman–Crippen LogP) is 5.49. The van der Waals surface area contributed by atoms with E-state index in [0.717, 1.165) is 59.2 Å². The first-order valence-electron chi connectivity index (χ1n) is 9.75. The van der Waals surface area contributed by atoms with Crippen LogP contribution in [0.25, 0.3) is 0 Å². The summed E-state index contributed by atoms with van der Waals surface area (Å²) in [5.74, 6) is 10.0. The molecule has 6 rings (SSSR count). The monoisotopic (exact) mass is 294 g/mol. The van der Waals surface area contributed by atoms with E-state index in [2.05, 4.69) is 50.3 Å². The third-order valence-electron chi connectivity index (χ3n) is 8.48. The summed E-state index contributed by atoms with van der Waals surface area (Å²) in [5.41, 5.74) is 0. The number of fused-ring (bicyclic) bond motifs is 10. The lowest BCUT2D eigenvalue weighted by molar-refractivity contribution is 0.156. The Labute approximate surface area is 135 Å². The van der Waals surface area contributed by atoms with Gasteiger partial charge in [-0.1, -0.05) is 50.3 Å². The Morgan fingerprint density at radius 2 is 1.27 bits per heavy atom. The molecule has 0 aromatic rings. The largest absolute Gasteiger partial charge is 0.0879 e. The van der Waals surface area contributed by atoms with Crippen molar-refractivity contribution in [2.45, 2.75) is 39.5 Å². The molecule has 4 bridgehead atoms. The van der Waals surface area contributed by atoms with E-state index in [0.29, 0.717) is 0 Å². The van der Waals surface area contributed by atoms with Gasteiger partial charge >= 0.3 is 0 Å². The Hall–Kier alpha value is -0.780. The lowest BCUT2D eigenvalue weighted by Gasteiger charge is -2.34. The topological polar surface area (TPSA) is 0 Å². The van der Waals surface area contributed by atoms with Crippen molar-refractivity contribution in [3.63, 3.8) is 0 Å². The Bertz CT molecular complexity index is 538. The summed E-state index contributed by atoms with van der Waals surface area (Å²) in [6.07, 6.45) is 20.4. The lowest BCUT2D eigenvalue weighted by atomic mass is 9.71. The molecule has 118 valence electrons. The highest BCUT2D eigenvalue weighted by Gasteiger charge is 2.54. The van der Waals surface area contributed by atoms with Gasteiger partial charge in [0.05, 0.1) is 0 Å². The predicted molar refractivity (Wildman–Crippen MR) is 92.1 cm³/mol. The minimum atomic E-state index is 0.925. The summed E-state index contributed by atoms with van der Waals surface area (Å²) in [5, 5.41) is 0. The van der Waals surface area contributed by atoms with Crippen molar-refractivity contribution in [3.8, 4) is 0 Å². The van der Waals surface area contributed by atoms with Crippen molar-refractivity contribution in [2.75, 3.05) is 0 Å². The number of rotatable bonds is 0. The van der Waals surface area contributed by atoms with Gasteiger partial charge in [-0.2, -0.15) is 0 Å². The highest BCUT2D eigenvalue weighted by molar-refractivity contribution is 5.21. The van der Waals surface area contributed by atoms with Crippen molar-refractivity contribution in [2.24, 2.45) is 59.2 Å². The smallest absolute Gasteiger partial charge is 0.0133 e. The fourth-order valence-electron chi connectivity index (χ4n) is 7.18. The molecule has 10 atom stereocenters. The van der Waals surface area contributed by atoms with Crippen LogP contribution in [0.5, 0.6) is 0 Å². The van der Waals surface area contributed by atoms with Crippen LogP contribution in [-0.4, -0.2) is 0 Å². The second-order valence-electron chi connectivity index (χ2n) is 9.04. The molecular formula is C22H30. The van der Waals surface area contributed by atoms with Crippen LogP contribution in [0, 0.1) is 59.2 Å². The molecule has 22 heavy (non-hydrogen) atoms. The lowest BCUT2D eigenvalue weighted by Crippen LogP contribution is -2.29. The third-order valence-corrected chi connectivity index (χ3v) is 8.48. The molecule has 0 aromatic carbocycles. The first-order valence-corrected chi connectivity index (χ1v) is 9.75. The van der Waals surface area contributed by atoms with E-state index in [9.17, 15) is 0 Å². The summed E-state index contributed by atoms with van der Waals surface area (Å²) in [6.45, 7) is 4.95. The fraction of sp³-hybridized carbons (Fsp3) is 0.727. The maximum absolute atomic E-state index is 2.51. The third kappa shape index (κ3) is 1.76. The standard InChI is InChI=1S/C12H18.C10H12/c1-7-8(2)12-6-11(7)9-4-3-5-10(9)12;1-2-9-7-4-5-8(6-7)10(9)3-1/h3-4,7-12H,5-6H2,1-2H3;1-2,4-5,7-10H,3,6H2. The molecule has 0 aliphatic heterocycles. The van der Waals surface area contributed by atoms with E-state index in [1.807, 2.05) is 0 Å². The SMILES string of the molecule is C1=CC2C3C=CC(C3)C2C1.CC1C(C)C2CC1C1C=CCC12. The van der Waals surface area contributed by atoms with Crippen molar-refractivity contribution < 1.29 is 0 Å². The molecule has 10 unspecified atom stereocenters. The zero-order chi connectivity index (χ0) is 14.8. The first-order chi connectivity index (χ1) is 10.7. The Morgan fingerprint density at radius 3 is 2.09 bits per heavy atom. The van der Waals surface area contributed by atoms with E-state index < -0.39 is 0 Å². The fourth-order valence-corrected chi connectivity index (χ4v) is 7.18. The summed E-state index contributed by atoms with van der Waals surface area (Å²) < 4.78 is 0. The highest BCUT2D eigenvalue weighted by atomic mass is 14.6. The maximum Gasteiger partial charge on any atom is -0.0133 e. The van der Waals surface area contributed by atoms with E-state index in [1.165, 1.54) is 19.3 Å². The van der Waals surface area contributed by atoms with Crippen LogP contribution in [0.15, 0.2) is 36.5 Å². The molecule has 0 radical (unpaired) electrons. The molecule has 0 heterocycles. The molecule has 6 aliphatic carbocycles. The highest BCUT2D eigenvalue weighted by Crippen LogP contribution is 2.61. The van der Waals surface area contributed by atoms with Crippen LogP contribution in [0.3, 0.4) is 0 Å². The molecule has 0 spiro atoms. The van der Waals surface area contributed by atoms with E-state index in [1.54, 1.807) is 6.42 Å². The molecule has 0 saturated heterocycles. The number of hydrogen-bond donors (Lipinski definition) is 0. The average Bonchev–Trinajstić information content (AvgIpc) is 3.31. The first kappa shape index (κ1) is 13.6. The van der Waals surface area contributed by atoms with Crippen LogP contribution < -0.4 is 0 Å². The molecule has 0 amide bonds. The normalized spacial score (nSPS) is 58.1. The van der Waals surface area contributed by atoms with Gasteiger partial charge < -0.3 is 0 Å². The van der Waals surface area contributed by atoms with Gasteiger partial charge in [0, 0.05) is 0 Å². The van der Waals surface area contributed by atoms with Crippen molar-refractivity contribution in [3.05, 3.63) is 36.5 Å². The molecular weight excluding hydrogens is 264 g/mol. The van der Waals surface area contributed by atoms with Crippen LogP contribution in [0.2, 0.25) is 0 Å². The Balaban J connectivity index is 0.000000104. The molecule has 0 N–H and O–H groups in total. The number of hydrogen-bond acceptors (Lipinski definition) is 0. The van der Waals surface area contributed by atoms with Gasteiger partial charge in [0.2, 0.25) is 0 Å². The van der Waals surface area contributed by atoms with Gasteiger partial charge in [0.1, 0.15) is 0 Å². The molecule has 0 heteroatoms. The molecule has 3 fully saturated rings. The summed E-state index contributed by atoms with van der Waals surface area (Å²) >= 11 is 0. The van der Waals surface area contributed by atoms with Crippen LogP contribution in [-0.2, 0) is 0 Å². The molecule has 6 aliphatic rings. The molecule has 0 aromatic heterocycles. The number of allylic oxidation sites excluding steroid dienone is 6. The Morgan fingerprint density at radius 1 is 0.591 bits per heavy atom. The van der Waals surface area contributed by atoms with Crippen molar-refractivity contribution >= 4 is 0 Å². The van der Waals surface area contributed by atoms with Gasteiger partial charge in [-0.25, -0.2) is 0 Å². The minimum Gasteiger partial charge on any atom is -0.0879 e. The second kappa shape index (κ2) is 4.86. The van der Waals surface area contributed by atoms with E-state index in [4.69, 9.17) is 0 Å². The summed E-state index contributed by atoms with van der Waals surface area (Å²) in [7, 11) is 0. The van der Waals surface area contributed by atoms with Crippen LogP contribution in [0.4, 0.5) is 0 Å². The zero-order valence-corrected chi connectivity index (χ0v) is 14.1. The quantitative estimate of drug-likeness (QED) is 0.519. The van der Waals surface area contributed by atoms with Gasteiger partial charge in [0.25, 0.3) is 0 Å². The maximum atomic E-state index is 2.51. The summed E-state index contributed by atoms with van der Waals surface area (Å²) in [6, 6.07) is 0. The van der Waals surface area contributed by atoms with E-state index >= 15 is 0 Å².